The standard InChI is InChI=1S/C15H18ClN3O2/c1-10(2)7-13-14(19(20)21)15(16)18(17-13)9-12-6-4-5-11(3)8-12/h4-6,8,10H,7,9H2,1-3H3. The normalized spacial score (nSPS) is 11.1. The van der Waals surface area contributed by atoms with Crippen molar-refractivity contribution < 1.29 is 4.92 Å². The number of hydrogen-bond acceptors (Lipinski definition) is 3. The lowest BCUT2D eigenvalue weighted by molar-refractivity contribution is -0.385. The summed E-state index contributed by atoms with van der Waals surface area (Å²) >= 11 is 6.16. The zero-order valence-electron chi connectivity index (χ0n) is 12.3. The first-order chi connectivity index (χ1) is 9.88. The van der Waals surface area contributed by atoms with Crippen molar-refractivity contribution in [3.05, 3.63) is 56.4 Å². The highest BCUT2D eigenvalue weighted by Gasteiger charge is 2.26. The molecule has 0 radical (unpaired) electrons. The van der Waals surface area contributed by atoms with Crippen LogP contribution in [0.25, 0.3) is 0 Å². The molecule has 0 saturated heterocycles. The minimum Gasteiger partial charge on any atom is -0.258 e. The van der Waals surface area contributed by atoms with Crippen LogP contribution in [0.5, 0.6) is 0 Å². The number of rotatable bonds is 5. The molecule has 0 N–H and O–H groups in total. The minimum absolute atomic E-state index is 0.0713. The summed E-state index contributed by atoms with van der Waals surface area (Å²) in [5, 5.41) is 15.6. The van der Waals surface area contributed by atoms with Gasteiger partial charge < -0.3 is 0 Å². The SMILES string of the molecule is Cc1cccc(Cn2nc(CC(C)C)c([N+](=O)[O-])c2Cl)c1. The van der Waals surface area contributed by atoms with Crippen LogP contribution < -0.4 is 0 Å². The average Bonchev–Trinajstić information content (AvgIpc) is 2.65. The van der Waals surface area contributed by atoms with E-state index in [-0.39, 0.29) is 16.8 Å². The molecule has 1 aromatic carbocycles. The van der Waals surface area contributed by atoms with E-state index in [0.717, 1.165) is 11.1 Å². The lowest BCUT2D eigenvalue weighted by Crippen LogP contribution is -2.03. The van der Waals surface area contributed by atoms with Crippen LogP contribution in [-0.4, -0.2) is 14.7 Å². The quantitative estimate of drug-likeness (QED) is 0.619. The second-order valence-corrected chi connectivity index (χ2v) is 5.95. The molecule has 1 heterocycles. The number of aromatic nitrogens is 2. The number of nitrogens with zero attached hydrogens (tertiary/aromatic N) is 3. The van der Waals surface area contributed by atoms with Crippen LogP contribution >= 0.6 is 11.6 Å². The first-order valence-electron chi connectivity index (χ1n) is 6.83. The summed E-state index contributed by atoms with van der Waals surface area (Å²) in [6, 6.07) is 7.93. The smallest absolute Gasteiger partial charge is 0.258 e. The third-order valence-corrected chi connectivity index (χ3v) is 3.51. The van der Waals surface area contributed by atoms with Crippen molar-refractivity contribution in [1.82, 2.24) is 9.78 Å². The van der Waals surface area contributed by atoms with E-state index in [1.807, 2.05) is 45.0 Å². The molecule has 112 valence electrons. The molecule has 0 aliphatic carbocycles. The van der Waals surface area contributed by atoms with Gasteiger partial charge >= 0.3 is 5.69 Å². The third-order valence-electron chi connectivity index (χ3n) is 3.14. The van der Waals surface area contributed by atoms with Crippen molar-refractivity contribution in [2.45, 2.75) is 33.7 Å². The van der Waals surface area contributed by atoms with Crippen molar-refractivity contribution in [3.8, 4) is 0 Å². The molecule has 0 aliphatic rings. The zero-order valence-corrected chi connectivity index (χ0v) is 13.1. The van der Waals surface area contributed by atoms with Gasteiger partial charge in [0.05, 0.1) is 11.5 Å². The number of hydrogen-bond donors (Lipinski definition) is 0. The molecule has 21 heavy (non-hydrogen) atoms. The van der Waals surface area contributed by atoms with Gasteiger partial charge in [-0.05, 0) is 18.4 Å². The second kappa shape index (κ2) is 6.26. The van der Waals surface area contributed by atoms with Crippen LogP contribution in [0.3, 0.4) is 0 Å². The van der Waals surface area contributed by atoms with Crippen molar-refractivity contribution in [3.63, 3.8) is 0 Å². The molecule has 2 aromatic rings. The number of aryl methyl sites for hydroxylation is 1. The molecule has 2 rings (SSSR count). The van der Waals surface area contributed by atoms with Gasteiger partial charge in [-0.25, -0.2) is 4.68 Å². The molecule has 0 fully saturated rings. The lowest BCUT2D eigenvalue weighted by Gasteiger charge is -2.04. The Balaban J connectivity index is 2.38. The monoisotopic (exact) mass is 307 g/mol. The van der Waals surface area contributed by atoms with E-state index < -0.39 is 4.92 Å². The van der Waals surface area contributed by atoms with E-state index in [0.29, 0.717) is 18.7 Å². The van der Waals surface area contributed by atoms with Crippen molar-refractivity contribution in [1.29, 1.82) is 0 Å². The highest BCUT2D eigenvalue weighted by molar-refractivity contribution is 6.31. The summed E-state index contributed by atoms with van der Waals surface area (Å²) in [4.78, 5) is 10.8. The first-order valence-corrected chi connectivity index (χ1v) is 7.21. The minimum atomic E-state index is -0.445. The number of benzene rings is 1. The van der Waals surface area contributed by atoms with Crippen molar-refractivity contribution in [2.75, 3.05) is 0 Å². The summed E-state index contributed by atoms with van der Waals surface area (Å²) < 4.78 is 1.51. The Morgan fingerprint density at radius 1 is 1.43 bits per heavy atom. The Bertz CT molecular complexity index is 665. The number of nitro groups is 1. The summed E-state index contributed by atoms with van der Waals surface area (Å²) in [6.07, 6.45) is 0.539. The van der Waals surface area contributed by atoms with Gasteiger partial charge in [0, 0.05) is 6.42 Å². The fourth-order valence-corrected chi connectivity index (χ4v) is 2.55. The van der Waals surface area contributed by atoms with Crippen LogP contribution in [0, 0.1) is 23.0 Å². The maximum atomic E-state index is 11.2. The van der Waals surface area contributed by atoms with Crippen molar-refractivity contribution in [2.24, 2.45) is 5.92 Å². The van der Waals surface area contributed by atoms with Gasteiger partial charge in [-0.1, -0.05) is 55.3 Å². The Kier molecular flexibility index (Phi) is 4.63. The van der Waals surface area contributed by atoms with E-state index in [9.17, 15) is 10.1 Å². The molecule has 5 nitrogen and oxygen atoms in total. The molecular weight excluding hydrogens is 290 g/mol. The maximum Gasteiger partial charge on any atom is 0.329 e. The van der Waals surface area contributed by atoms with Gasteiger partial charge in [0.15, 0.2) is 0 Å². The van der Waals surface area contributed by atoms with E-state index in [4.69, 9.17) is 11.6 Å². The summed E-state index contributed by atoms with van der Waals surface area (Å²) in [7, 11) is 0. The molecule has 0 unspecified atom stereocenters. The Hall–Kier alpha value is -1.88. The van der Waals surface area contributed by atoms with Crippen LogP contribution in [-0.2, 0) is 13.0 Å². The highest BCUT2D eigenvalue weighted by atomic mass is 35.5. The molecule has 0 bridgehead atoms. The van der Waals surface area contributed by atoms with Crippen LogP contribution in [0.15, 0.2) is 24.3 Å². The average molecular weight is 308 g/mol. The van der Waals surface area contributed by atoms with Crippen LogP contribution in [0.2, 0.25) is 5.15 Å². The first kappa shape index (κ1) is 15.5. The summed E-state index contributed by atoms with van der Waals surface area (Å²) in [5.41, 5.74) is 2.53. The van der Waals surface area contributed by atoms with Gasteiger partial charge in [-0.3, -0.25) is 10.1 Å². The zero-order chi connectivity index (χ0) is 15.6. The van der Waals surface area contributed by atoms with Gasteiger partial charge in [-0.15, -0.1) is 0 Å². The topological polar surface area (TPSA) is 61.0 Å². The largest absolute Gasteiger partial charge is 0.329 e. The van der Waals surface area contributed by atoms with Gasteiger partial charge in [0.1, 0.15) is 5.69 Å². The van der Waals surface area contributed by atoms with Crippen LogP contribution in [0.4, 0.5) is 5.69 Å². The number of halogens is 1. The second-order valence-electron chi connectivity index (χ2n) is 5.59. The molecule has 0 aliphatic heterocycles. The fraction of sp³-hybridized carbons (Fsp3) is 0.400. The van der Waals surface area contributed by atoms with Gasteiger partial charge in [-0.2, -0.15) is 5.10 Å². The fourth-order valence-electron chi connectivity index (χ4n) is 2.27. The Labute approximate surface area is 128 Å². The summed E-state index contributed by atoms with van der Waals surface area (Å²) in [6.45, 7) is 6.43. The lowest BCUT2D eigenvalue weighted by atomic mass is 10.1. The molecule has 0 spiro atoms. The molecule has 1 aromatic heterocycles. The highest BCUT2D eigenvalue weighted by Crippen LogP contribution is 2.30. The third kappa shape index (κ3) is 3.61. The van der Waals surface area contributed by atoms with E-state index in [1.165, 1.54) is 4.68 Å². The maximum absolute atomic E-state index is 11.2. The Morgan fingerprint density at radius 2 is 2.14 bits per heavy atom. The summed E-state index contributed by atoms with van der Waals surface area (Å²) in [5.74, 6) is 0.280. The molecule has 0 amide bonds. The Morgan fingerprint density at radius 3 is 2.71 bits per heavy atom. The molecule has 6 heteroatoms. The van der Waals surface area contributed by atoms with E-state index >= 15 is 0 Å². The van der Waals surface area contributed by atoms with Gasteiger partial charge in [0.2, 0.25) is 5.15 Å². The molecule has 0 saturated carbocycles. The predicted octanol–water partition coefficient (Wildman–Crippen LogP) is 4.00. The van der Waals surface area contributed by atoms with Crippen LogP contribution in [0.1, 0.15) is 30.7 Å². The van der Waals surface area contributed by atoms with Gasteiger partial charge in [0.25, 0.3) is 0 Å². The van der Waals surface area contributed by atoms with E-state index in [1.54, 1.807) is 0 Å². The molecule has 0 atom stereocenters. The van der Waals surface area contributed by atoms with Crippen molar-refractivity contribution >= 4 is 17.3 Å². The predicted molar refractivity (Wildman–Crippen MR) is 82.7 cm³/mol. The van der Waals surface area contributed by atoms with E-state index in [2.05, 4.69) is 5.10 Å². The molecular formula is C15H18ClN3O2.